The van der Waals surface area contributed by atoms with Gasteiger partial charge in [0.25, 0.3) is 0 Å². The third-order valence-corrected chi connectivity index (χ3v) is 3.11. The smallest absolute Gasteiger partial charge is 0.158 e. The van der Waals surface area contributed by atoms with Crippen molar-refractivity contribution in [1.82, 2.24) is 9.97 Å². The highest BCUT2D eigenvalue weighted by molar-refractivity contribution is 6.29. The van der Waals surface area contributed by atoms with E-state index in [-0.39, 0.29) is 5.60 Å². The summed E-state index contributed by atoms with van der Waals surface area (Å²) in [6, 6.07) is 1.79. The number of rotatable bonds is 4. The summed E-state index contributed by atoms with van der Waals surface area (Å²) in [6.07, 6.45) is 0. The van der Waals surface area contributed by atoms with Crippen molar-refractivity contribution in [1.29, 1.82) is 0 Å². The number of hydrogen-bond donors (Lipinski definition) is 0. The summed E-state index contributed by atoms with van der Waals surface area (Å²) in [7, 11) is 0. The molecule has 0 unspecified atom stereocenters. The lowest BCUT2D eigenvalue weighted by Gasteiger charge is -2.38. The van der Waals surface area contributed by atoms with E-state index in [0.717, 1.165) is 18.9 Å². The van der Waals surface area contributed by atoms with Crippen molar-refractivity contribution in [2.75, 3.05) is 31.2 Å². The van der Waals surface area contributed by atoms with E-state index in [0.29, 0.717) is 30.8 Å². The van der Waals surface area contributed by atoms with Crippen molar-refractivity contribution in [2.45, 2.75) is 33.0 Å². The van der Waals surface area contributed by atoms with Crippen LogP contribution in [0.3, 0.4) is 0 Å². The van der Waals surface area contributed by atoms with E-state index >= 15 is 0 Å². The molecule has 0 spiro atoms. The third-order valence-electron chi connectivity index (χ3n) is 2.91. The van der Waals surface area contributed by atoms with Gasteiger partial charge in [0, 0.05) is 25.8 Å². The molecule has 5 nitrogen and oxygen atoms in total. The van der Waals surface area contributed by atoms with Crippen LogP contribution in [0.5, 0.6) is 0 Å². The minimum absolute atomic E-state index is 0.171. The molecule has 1 aromatic rings. The molecule has 1 aromatic heterocycles. The quantitative estimate of drug-likeness (QED) is 0.794. The summed E-state index contributed by atoms with van der Waals surface area (Å²) < 4.78 is 11.0. The van der Waals surface area contributed by atoms with Crippen LogP contribution >= 0.6 is 11.6 Å². The molecule has 1 saturated heterocycles. The van der Waals surface area contributed by atoms with Crippen LogP contribution in [0.1, 0.15) is 26.6 Å². The molecule has 6 heteroatoms. The van der Waals surface area contributed by atoms with Gasteiger partial charge in [0.1, 0.15) is 17.6 Å². The molecule has 0 amide bonds. The van der Waals surface area contributed by atoms with Crippen LogP contribution in [0.2, 0.25) is 5.15 Å². The summed E-state index contributed by atoms with van der Waals surface area (Å²) in [6.45, 7) is 9.39. The first-order chi connectivity index (χ1) is 9.00. The van der Waals surface area contributed by atoms with Gasteiger partial charge in [-0.3, -0.25) is 0 Å². The lowest BCUT2D eigenvalue weighted by atomic mass is 10.1. The number of morpholine rings is 1. The van der Waals surface area contributed by atoms with Crippen molar-refractivity contribution in [3.8, 4) is 0 Å². The fraction of sp³-hybridized carbons (Fsp3) is 0.692. The van der Waals surface area contributed by atoms with Gasteiger partial charge in [-0.05, 0) is 20.8 Å². The SMILES string of the molecule is CCOCc1nc(Cl)cc(N2CCOC(C)(C)C2)n1. The molecule has 2 heterocycles. The molecule has 0 radical (unpaired) electrons. The van der Waals surface area contributed by atoms with Crippen molar-refractivity contribution in [3.05, 3.63) is 17.0 Å². The van der Waals surface area contributed by atoms with Crippen LogP contribution in [0.15, 0.2) is 6.07 Å². The maximum absolute atomic E-state index is 6.05. The highest BCUT2D eigenvalue weighted by Gasteiger charge is 2.28. The molecule has 2 rings (SSSR count). The largest absolute Gasteiger partial charge is 0.374 e. The Morgan fingerprint density at radius 3 is 2.95 bits per heavy atom. The first-order valence-electron chi connectivity index (χ1n) is 6.50. The Hall–Kier alpha value is -0.910. The highest BCUT2D eigenvalue weighted by atomic mass is 35.5. The third kappa shape index (κ3) is 4.03. The van der Waals surface area contributed by atoms with Gasteiger partial charge in [-0.2, -0.15) is 0 Å². The summed E-state index contributed by atoms with van der Waals surface area (Å²) in [5.74, 6) is 1.46. The minimum Gasteiger partial charge on any atom is -0.374 e. The average molecular weight is 286 g/mol. The Morgan fingerprint density at radius 2 is 2.26 bits per heavy atom. The van der Waals surface area contributed by atoms with Crippen LogP contribution in [0.4, 0.5) is 5.82 Å². The van der Waals surface area contributed by atoms with E-state index in [9.17, 15) is 0 Å². The Labute approximate surface area is 118 Å². The van der Waals surface area contributed by atoms with Gasteiger partial charge in [-0.15, -0.1) is 0 Å². The van der Waals surface area contributed by atoms with Crippen molar-refractivity contribution in [3.63, 3.8) is 0 Å². The summed E-state index contributed by atoms with van der Waals surface area (Å²) in [5.41, 5.74) is -0.171. The Balaban J connectivity index is 2.16. The van der Waals surface area contributed by atoms with Crippen molar-refractivity contribution in [2.24, 2.45) is 0 Å². The average Bonchev–Trinajstić information content (AvgIpc) is 2.34. The van der Waals surface area contributed by atoms with E-state index in [2.05, 4.69) is 28.7 Å². The predicted molar refractivity (Wildman–Crippen MR) is 74.6 cm³/mol. The molecule has 19 heavy (non-hydrogen) atoms. The first kappa shape index (κ1) is 14.5. The number of aromatic nitrogens is 2. The molecule has 0 bridgehead atoms. The second kappa shape index (κ2) is 6.03. The van der Waals surface area contributed by atoms with Gasteiger partial charge in [0.15, 0.2) is 5.82 Å². The highest BCUT2D eigenvalue weighted by Crippen LogP contribution is 2.23. The van der Waals surface area contributed by atoms with Crippen molar-refractivity contribution < 1.29 is 9.47 Å². The minimum atomic E-state index is -0.171. The number of anilines is 1. The van der Waals surface area contributed by atoms with E-state index in [1.807, 2.05) is 6.92 Å². The van der Waals surface area contributed by atoms with Gasteiger partial charge >= 0.3 is 0 Å². The Morgan fingerprint density at radius 1 is 1.47 bits per heavy atom. The van der Waals surface area contributed by atoms with Crippen LogP contribution in [0.25, 0.3) is 0 Å². The van der Waals surface area contributed by atoms with E-state index < -0.39 is 0 Å². The zero-order valence-electron chi connectivity index (χ0n) is 11.6. The molecule has 0 aromatic carbocycles. The van der Waals surface area contributed by atoms with Gasteiger partial charge in [-0.25, -0.2) is 9.97 Å². The monoisotopic (exact) mass is 285 g/mol. The van der Waals surface area contributed by atoms with E-state index in [1.165, 1.54) is 0 Å². The summed E-state index contributed by atoms with van der Waals surface area (Å²) in [4.78, 5) is 10.9. The first-order valence-corrected chi connectivity index (χ1v) is 6.88. The molecule has 0 aliphatic carbocycles. The van der Waals surface area contributed by atoms with Crippen LogP contribution in [-0.4, -0.2) is 41.9 Å². The molecule has 0 N–H and O–H groups in total. The normalized spacial score (nSPS) is 18.6. The molecule has 106 valence electrons. The number of nitrogens with zero attached hydrogens (tertiary/aromatic N) is 3. The maximum Gasteiger partial charge on any atom is 0.158 e. The van der Waals surface area contributed by atoms with Crippen LogP contribution < -0.4 is 4.90 Å². The Kier molecular flexibility index (Phi) is 4.60. The van der Waals surface area contributed by atoms with Gasteiger partial charge in [-0.1, -0.05) is 11.6 Å². The predicted octanol–water partition coefficient (Wildman–Crippen LogP) is 2.28. The second-order valence-corrected chi connectivity index (χ2v) is 5.52. The van der Waals surface area contributed by atoms with Crippen LogP contribution in [-0.2, 0) is 16.1 Å². The lowest BCUT2D eigenvalue weighted by molar-refractivity contribution is -0.0279. The number of halogens is 1. The molecule has 1 aliphatic rings. The fourth-order valence-electron chi connectivity index (χ4n) is 2.08. The molecular formula is C13H20ClN3O2. The number of hydrogen-bond acceptors (Lipinski definition) is 5. The topological polar surface area (TPSA) is 47.5 Å². The van der Waals surface area contributed by atoms with Crippen LogP contribution in [0, 0.1) is 0 Å². The zero-order chi connectivity index (χ0) is 13.9. The molecule has 1 fully saturated rings. The maximum atomic E-state index is 6.05. The Bertz CT molecular complexity index is 440. The second-order valence-electron chi connectivity index (χ2n) is 5.13. The fourth-order valence-corrected chi connectivity index (χ4v) is 2.28. The number of ether oxygens (including phenoxy) is 2. The molecule has 0 saturated carbocycles. The summed E-state index contributed by atoms with van der Waals surface area (Å²) >= 11 is 6.05. The van der Waals surface area contributed by atoms with Crippen molar-refractivity contribution >= 4 is 17.4 Å². The molecule has 1 aliphatic heterocycles. The standard InChI is InChI=1S/C13H20ClN3O2/c1-4-18-8-11-15-10(14)7-12(16-11)17-5-6-19-13(2,3)9-17/h7H,4-6,8-9H2,1-3H3. The van der Waals surface area contributed by atoms with E-state index in [1.54, 1.807) is 6.07 Å². The molecular weight excluding hydrogens is 266 g/mol. The zero-order valence-corrected chi connectivity index (χ0v) is 12.4. The van der Waals surface area contributed by atoms with Gasteiger partial charge in [0.05, 0.1) is 12.2 Å². The lowest BCUT2D eigenvalue weighted by Crippen LogP contribution is -2.48. The van der Waals surface area contributed by atoms with Gasteiger partial charge in [0.2, 0.25) is 0 Å². The summed E-state index contributed by atoms with van der Waals surface area (Å²) in [5, 5.41) is 0.448. The van der Waals surface area contributed by atoms with E-state index in [4.69, 9.17) is 21.1 Å². The molecule has 0 atom stereocenters. The van der Waals surface area contributed by atoms with Gasteiger partial charge < -0.3 is 14.4 Å².